The number of amides is 3. The molecule has 1 aliphatic rings. The molecule has 0 radical (unpaired) electrons. The van der Waals surface area contributed by atoms with Gasteiger partial charge in [0.2, 0.25) is 5.91 Å². The molecule has 0 spiro atoms. The van der Waals surface area contributed by atoms with Crippen LogP contribution in [0.5, 0.6) is 11.5 Å². The molecule has 7 nitrogen and oxygen atoms in total. The molecular formula is C23H19IN2O5S2. The molecule has 0 bridgehead atoms. The van der Waals surface area contributed by atoms with Gasteiger partial charge in [0.15, 0.2) is 11.5 Å². The average Bonchev–Trinajstić information content (AvgIpc) is 3.05. The van der Waals surface area contributed by atoms with Gasteiger partial charge in [-0.25, -0.2) is 0 Å². The zero-order chi connectivity index (χ0) is 24.0. The standard InChI is InChI=1S/C23H19IN2O5S2/c1-4-8-31-21-17(24)9-14(10-18(21)30-2)11-19-22(28)26(23(29)33-19)13-20(27)25-15-6-5-7-16(12-15)32-3/h1,5-7,9-12H,8,13H2,2-3H3,(H,25,27)/b19-11+. The number of rotatable bonds is 8. The molecule has 2 aromatic carbocycles. The van der Waals surface area contributed by atoms with E-state index in [1.165, 1.54) is 7.11 Å². The second kappa shape index (κ2) is 11.5. The second-order valence-corrected chi connectivity index (χ2v) is 9.61. The largest absolute Gasteiger partial charge is 0.493 e. The first kappa shape index (κ1) is 25.0. The number of ether oxygens (including phenoxy) is 2. The minimum Gasteiger partial charge on any atom is -0.493 e. The van der Waals surface area contributed by atoms with Crippen molar-refractivity contribution in [2.45, 2.75) is 4.90 Å². The highest BCUT2D eigenvalue weighted by Crippen LogP contribution is 2.37. The molecule has 0 saturated carbocycles. The Balaban J connectivity index is 1.74. The number of carbonyl (C=O) groups excluding carboxylic acids is 3. The van der Waals surface area contributed by atoms with Crippen LogP contribution in [0.1, 0.15) is 5.56 Å². The Labute approximate surface area is 213 Å². The van der Waals surface area contributed by atoms with E-state index in [-0.39, 0.29) is 18.1 Å². The maximum Gasteiger partial charge on any atom is 0.294 e. The van der Waals surface area contributed by atoms with Gasteiger partial charge in [0.25, 0.3) is 11.1 Å². The van der Waals surface area contributed by atoms with Crippen LogP contribution in [0.2, 0.25) is 0 Å². The summed E-state index contributed by atoms with van der Waals surface area (Å²) in [4.78, 5) is 39.8. The van der Waals surface area contributed by atoms with E-state index in [9.17, 15) is 14.4 Å². The molecule has 0 aliphatic carbocycles. The van der Waals surface area contributed by atoms with E-state index in [0.29, 0.717) is 22.7 Å². The van der Waals surface area contributed by atoms with E-state index in [0.717, 1.165) is 25.1 Å². The average molecular weight is 594 g/mol. The summed E-state index contributed by atoms with van der Waals surface area (Å²) < 4.78 is 11.6. The Hall–Kier alpha value is -2.62. The van der Waals surface area contributed by atoms with Crippen molar-refractivity contribution in [1.82, 2.24) is 4.90 Å². The molecule has 1 fully saturated rings. The lowest BCUT2D eigenvalue weighted by atomic mass is 10.2. The van der Waals surface area contributed by atoms with Gasteiger partial charge in [0, 0.05) is 10.6 Å². The third-order valence-electron chi connectivity index (χ3n) is 4.38. The van der Waals surface area contributed by atoms with Gasteiger partial charge in [-0.15, -0.1) is 18.2 Å². The van der Waals surface area contributed by atoms with Gasteiger partial charge in [-0.3, -0.25) is 19.3 Å². The lowest BCUT2D eigenvalue weighted by molar-refractivity contribution is -0.127. The second-order valence-electron chi connectivity index (χ2n) is 6.57. The van der Waals surface area contributed by atoms with Crippen LogP contribution in [0.3, 0.4) is 0 Å². The molecule has 0 atom stereocenters. The van der Waals surface area contributed by atoms with Crippen LogP contribution in [-0.2, 0) is 9.59 Å². The molecule has 3 amide bonds. The van der Waals surface area contributed by atoms with Crippen molar-refractivity contribution in [2.75, 3.05) is 31.8 Å². The molecule has 1 heterocycles. The SMILES string of the molecule is C#CCOc1c(I)cc(/C=C2/SC(=O)N(CC(=O)Nc3cccc(SC)c3)C2=O)cc1OC. The summed E-state index contributed by atoms with van der Waals surface area (Å²) in [5.41, 5.74) is 1.25. The summed E-state index contributed by atoms with van der Waals surface area (Å²) in [7, 11) is 1.50. The van der Waals surface area contributed by atoms with Crippen molar-refractivity contribution in [2.24, 2.45) is 0 Å². The third kappa shape index (κ3) is 6.25. The van der Waals surface area contributed by atoms with Gasteiger partial charge in [0.1, 0.15) is 13.2 Å². The molecule has 170 valence electrons. The van der Waals surface area contributed by atoms with Crippen LogP contribution >= 0.6 is 46.1 Å². The number of benzene rings is 2. The van der Waals surface area contributed by atoms with Crippen LogP contribution < -0.4 is 14.8 Å². The van der Waals surface area contributed by atoms with E-state index in [2.05, 4.69) is 33.8 Å². The zero-order valence-electron chi connectivity index (χ0n) is 17.7. The fraction of sp³-hybridized carbons (Fsp3) is 0.174. The fourth-order valence-electron chi connectivity index (χ4n) is 2.91. The first-order chi connectivity index (χ1) is 15.9. The zero-order valence-corrected chi connectivity index (χ0v) is 21.5. The number of nitrogens with zero attached hydrogens (tertiary/aromatic N) is 1. The summed E-state index contributed by atoms with van der Waals surface area (Å²) in [5, 5.41) is 2.22. The van der Waals surface area contributed by atoms with Gasteiger partial charge in [-0.1, -0.05) is 12.0 Å². The predicted octanol–water partition coefficient (Wildman–Crippen LogP) is 4.71. The normalized spacial score (nSPS) is 14.4. The van der Waals surface area contributed by atoms with Crippen LogP contribution in [-0.4, -0.2) is 48.5 Å². The number of terminal acetylenes is 1. The smallest absolute Gasteiger partial charge is 0.294 e. The van der Waals surface area contributed by atoms with Gasteiger partial charge in [-0.2, -0.15) is 0 Å². The van der Waals surface area contributed by atoms with Crippen molar-refractivity contribution >= 4 is 74.9 Å². The molecule has 1 aliphatic heterocycles. The summed E-state index contributed by atoms with van der Waals surface area (Å²) >= 11 is 4.41. The van der Waals surface area contributed by atoms with Gasteiger partial charge in [-0.05, 0) is 82.6 Å². The number of nitrogens with one attached hydrogen (secondary N) is 1. The summed E-state index contributed by atoms with van der Waals surface area (Å²) in [6, 6.07) is 10.8. The van der Waals surface area contributed by atoms with E-state index in [1.807, 2.05) is 24.5 Å². The summed E-state index contributed by atoms with van der Waals surface area (Å²) in [6.45, 7) is -0.278. The van der Waals surface area contributed by atoms with Crippen molar-refractivity contribution in [1.29, 1.82) is 0 Å². The highest BCUT2D eigenvalue weighted by molar-refractivity contribution is 14.1. The number of methoxy groups -OCH3 is 1. The van der Waals surface area contributed by atoms with E-state index in [4.69, 9.17) is 15.9 Å². The lowest BCUT2D eigenvalue weighted by Crippen LogP contribution is -2.36. The molecule has 33 heavy (non-hydrogen) atoms. The van der Waals surface area contributed by atoms with Crippen molar-refractivity contribution in [3.05, 3.63) is 50.4 Å². The number of anilines is 1. The Kier molecular flexibility index (Phi) is 8.71. The van der Waals surface area contributed by atoms with Crippen LogP contribution in [0.15, 0.2) is 46.2 Å². The van der Waals surface area contributed by atoms with Crippen LogP contribution in [0.25, 0.3) is 6.08 Å². The number of imide groups is 1. The molecular weight excluding hydrogens is 575 g/mol. The Bertz CT molecular complexity index is 1180. The van der Waals surface area contributed by atoms with E-state index < -0.39 is 17.1 Å². The first-order valence-corrected chi connectivity index (χ1v) is 12.6. The highest BCUT2D eigenvalue weighted by atomic mass is 127. The Morgan fingerprint density at radius 3 is 2.82 bits per heavy atom. The highest BCUT2D eigenvalue weighted by Gasteiger charge is 2.36. The fourth-order valence-corrected chi connectivity index (χ4v) is 4.99. The van der Waals surface area contributed by atoms with E-state index >= 15 is 0 Å². The molecule has 3 rings (SSSR count). The van der Waals surface area contributed by atoms with Crippen molar-refractivity contribution in [3.8, 4) is 23.8 Å². The Morgan fingerprint density at radius 1 is 1.33 bits per heavy atom. The third-order valence-corrected chi connectivity index (χ3v) is 6.81. The van der Waals surface area contributed by atoms with Gasteiger partial charge < -0.3 is 14.8 Å². The minimum atomic E-state index is -0.528. The van der Waals surface area contributed by atoms with Crippen molar-refractivity contribution < 1.29 is 23.9 Å². The molecule has 1 saturated heterocycles. The lowest BCUT2D eigenvalue weighted by Gasteiger charge is -2.13. The maximum atomic E-state index is 12.8. The summed E-state index contributed by atoms with van der Waals surface area (Å²) in [6.07, 6.45) is 8.77. The first-order valence-electron chi connectivity index (χ1n) is 9.49. The Morgan fingerprint density at radius 2 is 2.12 bits per heavy atom. The number of hydrogen-bond donors (Lipinski definition) is 1. The number of halogens is 1. The topological polar surface area (TPSA) is 84.9 Å². The molecule has 2 aromatic rings. The number of hydrogen-bond acceptors (Lipinski definition) is 7. The van der Waals surface area contributed by atoms with Crippen LogP contribution in [0, 0.1) is 15.9 Å². The number of carbonyl (C=O) groups is 3. The predicted molar refractivity (Wildman–Crippen MR) is 140 cm³/mol. The maximum absolute atomic E-state index is 12.8. The molecule has 1 N–H and O–H groups in total. The van der Waals surface area contributed by atoms with Gasteiger partial charge >= 0.3 is 0 Å². The summed E-state index contributed by atoms with van der Waals surface area (Å²) in [5.74, 6) is 2.38. The minimum absolute atomic E-state index is 0.0915. The van der Waals surface area contributed by atoms with Crippen molar-refractivity contribution in [3.63, 3.8) is 0 Å². The van der Waals surface area contributed by atoms with Crippen LogP contribution in [0.4, 0.5) is 10.5 Å². The monoisotopic (exact) mass is 594 g/mol. The molecule has 0 aromatic heterocycles. The number of thioether (sulfide) groups is 2. The quantitative estimate of drug-likeness (QED) is 0.205. The molecule has 0 unspecified atom stereocenters. The van der Waals surface area contributed by atoms with Gasteiger partial charge in [0.05, 0.1) is 15.6 Å². The molecule has 10 heteroatoms. The van der Waals surface area contributed by atoms with E-state index in [1.54, 1.807) is 36.0 Å².